The van der Waals surface area contributed by atoms with Gasteiger partial charge in [0.1, 0.15) is 11.0 Å². The van der Waals surface area contributed by atoms with Crippen molar-refractivity contribution in [1.29, 1.82) is 5.26 Å². The van der Waals surface area contributed by atoms with Crippen LogP contribution in [0.3, 0.4) is 0 Å². The highest BCUT2D eigenvalue weighted by Crippen LogP contribution is 2.19. The van der Waals surface area contributed by atoms with Gasteiger partial charge >= 0.3 is 0 Å². The van der Waals surface area contributed by atoms with Gasteiger partial charge in [-0.2, -0.15) is 5.26 Å². The van der Waals surface area contributed by atoms with E-state index in [1.807, 2.05) is 42.1 Å². The first-order valence-corrected chi connectivity index (χ1v) is 6.22. The highest BCUT2D eigenvalue weighted by molar-refractivity contribution is 6.29. The predicted octanol–water partition coefficient (Wildman–Crippen LogP) is 2.95. The van der Waals surface area contributed by atoms with Crippen LogP contribution in [-0.4, -0.2) is 14.1 Å². The number of rotatable bonds is 2. The van der Waals surface area contributed by atoms with E-state index in [0.717, 1.165) is 16.7 Å². The molecule has 0 bridgehead atoms. The van der Waals surface area contributed by atoms with Gasteiger partial charge in [0.25, 0.3) is 0 Å². The summed E-state index contributed by atoms with van der Waals surface area (Å²) in [5.41, 5.74) is 1.68. The predicted molar refractivity (Wildman–Crippen MR) is 74.0 cm³/mol. The summed E-state index contributed by atoms with van der Waals surface area (Å²) in [6, 6.07) is 9.86. The van der Waals surface area contributed by atoms with E-state index in [0.29, 0.717) is 17.3 Å². The number of imidazole rings is 1. The van der Waals surface area contributed by atoms with E-state index in [4.69, 9.17) is 16.9 Å². The van der Waals surface area contributed by atoms with Crippen LogP contribution >= 0.6 is 11.6 Å². The van der Waals surface area contributed by atoms with Crippen molar-refractivity contribution in [2.75, 3.05) is 0 Å². The van der Waals surface area contributed by atoms with Gasteiger partial charge < -0.3 is 9.13 Å². The van der Waals surface area contributed by atoms with Crippen molar-refractivity contribution in [3.63, 3.8) is 0 Å². The topological polar surface area (TPSA) is 46.5 Å². The second kappa shape index (κ2) is 4.45. The Morgan fingerprint density at radius 2 is 2.21 bits per heavy atom. The van der Waals surface area contributed by atoms with Gasteiger partial charge in [0.15, 0.2) is 0 Å². The minimum Gasteiger partial charge on any atom is -0.340 e. The third-order valence-corrected chi connectivity index (χ3v) is 3.59. The van der Waals surface area contributed by atoms with E-state index < -0.39 is 0 Å². The van der Waals surface area contributed by atoms with Crippen molar-refractivity contribution in [3.8, 4) is 6.07 Å². The summed E-state index contributed by atoms with van der Waals surface area (Å²) in [5.74, 6) is 0.880. The quantitative estimate of drug-likeness (QED) is 0.719. The Morgan fingerprint density at radius 3 is 2.89 bits per heavy atom. The average molecular weight is 271 g/mol. The molecule has 94 valence electrons. The summed E-state index contributed by atoms with van der Waals surface area (Å²) in [5, 5.41) is 10.7. The molecule has 0 spiro atoms. The van der Waals surface area contributed by atoms with Crippen LogP contribution in [0.2, 0.25) is 5.15 Å². The maximum absolute atomic E-state index is 8.97. The SMILES string of the molecule is Cn1c(Cl)cnc1Cn1ccc2ccc(C#N)cc21. The summed E-state index contributed by atoms with van der Waals surface area (Å²) >= 11 is 5.98. The largest absolute Gasteiger partial charge is 0.340 e. The monoisotopic (exact) mass is 270 g/mol. The van der Waals surface area contributed by atoms with Gasteiger partial charge in [-0.05, 0) is 23.6 Å². The van der Waals surface area contributed by atoms with Gasteiger partial charge in [0, 0.05) is 18.8 Å². The Bertz CT molecular complexity index is 791. The lowest BCUT2D eigenvalue weighted by Crippen LogP contribution is -2.05. The second-order valence-corrected chi connectivity index (χ2v) is 4.77. The smallest absolute Gasteiger partial charge is 0.129 e. The molecule has 0 aliphatic heterocycles. The Morgan fingerprint density at radius 1 is 1.37 bits per heavy atom. The maximum Gasteiger partial charge on any atom is 0.129 e. The zero-order valence-corrected chi connectivity index (χ0v) is 11.1. The number of hydrogen-bond acceptors (Lipinski definition) is 2. The number of nitrogens with zero attached hydrogens (tertiary/aromatic N) is 4. The fourth-order valence-corrected chi connectivity index (χ4v) is 2.26. The van der Waals surface area contributed by atoms with Crippen LogP contribution in [0.15, 0.2) is 36.7 Å². The number of nitriles is 1. The third-order valence-electron chi connectivity index (χ3n) is 3.24. The molecule has 2 aromatic heterocycles. The molecular weight excluding hydrogens is 260 g/mol. The maximum atomic E-state index is 8.97. The lowest BCUT2D eigenvalue weighted by Gasteiger charge is -2.06. The van der Waals surface area contributed by atoms with Crippen LogP contribution in [0.5, 0.6) is 0 Å². The number of halogens is 1. The van der Waals surface area contributed by atoms with E-state index in [9.17, 15) is 0 Å². The normalized spacial score (nSPS) is 10.8. The van der Waals surface area contributed by atoms with Crippen LogP contribution in [0.25, 0.3) is 10.9 Å². The van der Waals surface area contributed by atoms with Crippen molar-refractivity contribution in [1.82, 2.24) is 14.1 Å². The first-order chi connectivity index (χ1) is 9.19. The molecule has 19 heavy (non-hydrogen) atoms. The van der Waals surface area contributed by atoms with E-state index in [1.54, 1.807) is 6.20 Å². The highest BCUT2D eigenvalue weighted by atomic mass is 35.5. The highest BCUT2D eigenvalue weighted by Gasteiger charge is 2.08. The molecular formula is C14H11ClN4. The molecule has 0 aliphatic rings. The van der Waals surface area contributed by atoms with Crippen LogP contribution in [0, 0.1) is 11.3 Å². The van der Waals surface area contributed by atoms with Crippen LogP contribution in [0.4, 0.5) is 0 Å². The summed E-state index contributed by atoms with van der Waals surface area (Å²) in [6.07, 6.45) is 3.64. The lowest BCUT2D eigenvalue weighted by molar-refractivity contribution is 0.718. The fraction of sp³-hybridized carbons (Fsp3) is 0.143. The molecule has 0 aliphatic carbocycles. The Balaban J connectivity index is 2.06. The first-order valence-electron chi connectivity index (χ1n) is 5.84. The summed E-state index contributed by atoms with van der Waals surface area (Å²) < 4.78 is 3.91. The summed E-state index contributed by atoms with van der Waals surface area (Å²) in [4.78, 5) is 4.28. The van der Waals surface area contributed by atoms with Crippen LogP contribution in [-0.2, 0) is 13.6 Å². The zero-order chi connectivity index (χ0) is 13.4. The minimum absolute atomic E-state index is 0.615. The van der Waals surface area contributed by atoms with Crippen LogP contribution in [0.1, 0.15) is 11.4 Å². The summed E-state index contributed by atoms with van der Waals surface area (Å²) in [6.45, 7) is 0.627. The standard InChI is InChI=1S/C14H11ClN4/c1-18-13(15)8-17-14(18)9-19-5-4-11-3-2-10(7-16)6-12(11)19/h2-6,8H,9H2,1H3. The third kappa shape index (κ3) is 1.98. The minimum atomic E-state index is 0.615. The molecule has 5 heteroatoms. The molecule has 1 aromatic carbocycles. The molecule has 4 nitrogen and oxygen atoms in total. The lowest BCUT2D eigenvalue weighted by atomic mass is 10.2. The number of aromatic nitrogens is 3. The molecule has 0 amide bonds. The number of benzene rings is 1. The molecule has 0 N–H and O–H groups in total. The Hall–Kier alpha value is -2.25. The first kappa shape index (κ1) is 11.8. The van der Waals surface area contributed by atoms with E-state index >= 15 is 0 Å². The van der Waals surface area contributed by atoms with Crippen molar-refractivity contribution in [2.24, 2.45) is 7.05 Å². The van der Waals surface area contributed by atoms with E-state index in [1.165, 1.54) is 0 Å². The summed E-state index contributed by atoms with van der Waals surface area (Å²) in [7, 11) is 1.89. The van der Waals surface area contributed by atoms with Gasteiger partial charge in [0.05, 0.1) is 24.4 Å². The second-order valence-electron chi connectivity index (χ2n) is 4.39. The van der Waals surface area contributed by atoms with Crippen molar-refractivity contribution >= 4 is 22.5 Å². The molecule has 0 unspecified atom stereocenters. The van der Waals surface area contributed by atoms with Gasteiger partial charge in [-0.15, -0.1) is 0 Å². The number of hydrogen-bond donors (Lipinski definition) is 0. The average Bonchev–Trinajstić information content (AvgIpc) is 2.97. The number of fused-ring (bicyclic) bond motifs is 1. The zero-order valence-electron chi connectivity index (χ0n) is 10.3. The van der Waals surface area contributed by atoms with Gasteiger partial charge in [-0.3, -0.25) is 0 Å². The van der Waals surface area contributed by atoms with Gasteiger partial charge in [-0.25, -0.2) is 4.98 Å². The molecule has 0 atom stereocenters. The Labute approximate surface area is 115 Å². The van der Waals surface area contributed by atoms with Crippen molar-refractivity contribution < 1.29 is 0 Å². The van der Waals surface area contributed by atoms with Crippen molar-refractivity contribution in [2.45, 2.75) is 6.54 Å². The molecule has 2 heterocycles. The van der Waals surface area contributed by atoms with E-state index in [2.05, 4.69) is 15.6 Å². The molecule has 3 rings (SSSR count). The molecule has 0 radical (unpaired) electrons. The van der Waals surface area contributed by atoms with Gasteiger partial charge in [0.2, 0.25) is 0 Å². The van der Waals surface area contributed by atoms with Crippen molar-refractivity contribution in [3.05, 3.63) is 53.2 Å². The molecule has 0 saturated heterocycles. The molecule has 0 fully saturated rings. The molecule has 0 saturated carbocycles. The van der Waals surface area contributed by atoms with E-state index in [-0.39, 0.29) is 0 Å². The van der Waals surface area contributed by atoms with Gasteiger partial charge in [-0.1, -0.05) is 17.7 Å². The Kier molecular flexibility index (Phi) is 2.77. The van der Waals surface area contributed by atoms with Crippen LogP contribution < -0.4 is 0 Å². The molecule has 3 aromatic rings. The fourth-order valence-electron chi connectivity index (χ4n) is 2.11.